The van der Waals surface area contributed by atoms with Crippen molar-refractivity contribution in [2.45, 2.75) is 0 Å². The summed E-state index contributed by atoms with van der Waals surface area (Å²) in [5.41, 5.74) is 1.23. The lowest BCUT2D eigenvalue weighted by molar-refractivity contribution is 0.0696. The van der Waals surface area contributed by atoms with Gasteiger partial charge < -0.3 is 5.11 Å². The molecule has 0 atom stereocenters. The molecule has 0 aliphatic heterocycles. The Labute approximate surface area is 124 Å². The van der Waals surface area contributed by atoms with Crippen LogP contribution < -0.4 is 0 Å². The summed E-state index contributed by atoms with van der Waals surface area (Å²) in [7, 11) is 0. The molecule has 0 bridgehead atoms. The molecule has 0 fully saturated rings. The van der Waals surface area contributed by atoms with Gasteiger partial charge in [0.25, 0.3) is 0 Å². The summed E-state index contributed by atoms with van der Waals surface area (Å²) in [6.07, 6.45) is 2.90. The fraction of sp³-hybridized carbons (Fsp3) is 0. The van der Waals surface area contributed by atoms with E-state index in [0.717, 1.165) is 4.47 Å². The number of rotatable bonds is 4. The number of hydrogen-bond acceptors (Lipinski definition) is 2. The van der Waals surface area contributed by atoms with E-state index in [4.69, 9.17) is 5.11 Å². The maximum atomic E-state index is 12.0. The third-order valence-electron chi connectivity index (χ3n) is 2.73. The van der Waals surface area contributed by atoms with Crippen molar-refractivity contribution in [1.29, 1.82) is 0 Å². The standard InChI is InChI=1S/C16H11BrO3/c17-13-8-5-12(6-9-13)15(18)10-7-11-3-1-2-4-14(11)16(19)20/h1-10H,(H,19,20). The highest BCUT2D eigenvalue weighted by molar-refractivity contribution is 9.10. The molecule has 0 spiro atoms. The molecule has 0 saturated carbocycles. The molecule has 0 aromatic heterocycles. The predicted molar refractivity (Wildman–Crippen MR) is 80.9 cm³/mol. The van der Waals surface area contributed by atoms with E-state index in [-0.39, 0.29) is 11.3 Å². The molecular formula is C16H11BrO3. The van der Waals surface area contributed by atoms with Crippen molar-refractivity contribution in [3.8, 4) is 0 Å². The Morgan fingerprint density at radius 3 is 2.30 bits per heavy atom. The molecule has 2 aromatic rings. The van der Waals surface area contributed by atoms with Gasteiger partial charge in [-0.25, -0.2) is 4.79 Å². The summed E-state index contributed by atoms with van der Waals surface area (Å²) in [4.78, 5) is 23.0. The van der Waals surface area contributed by atoms with Gasteiger partial charge >= 0.3 is 5.97 Å². The number of carboxylic acid groups (broad SMARTS) is 1. The van der Waals surface area contributed by atoms with Crippen LogP contribution in [0.3, 0.4) is 0 Å². The van der Waals surface area contributed by atoms with Gasteiger partial charge in [0.1, 0.15) is 0 Å². The lowest BCUT2D eigenvalue weighted by atomic mass is 10.1. The summed E-state index contributed by atoms with van der Waals surface area (Å²) < 4.78 is 0.897. The summed E-state index contributed by atoms with van der Waals surface area (Å²) >= 11 is 3.30. The molecular weight excluding hydrogens is 320 g/mol. The van der Waals surface area contributed by atoms with Crippen molar-refractivity contribution < 1.29 is 14.7 Å². The predicted octanol–water partition coefficient (Wildman–Crippen LogP) is 4.04. The number of hydrogen-bond donors (Lipinski definition) is 1. The summed E-state index contributed by atoms with van der Waals surface area (Å²) in [5.74, 6) is -1.18. The maximum Gasteiger partial charge on any atom is 0.336 e. The van der Waals surface area contributed by atoms with E-state index in [0.29, 0.717) is 11.1 Å². The topological polar surface area (TPSA) is 54.4 Å². The number of benzene rings is 2. The highest BCUT2D eigenvalue weighted by Gasteiger charge is 2.07. The Balaban J connectivity index is 2.23. The van der Waals surface area contributed by atoms with Crippen LogP contribution in [0, 0.1) is 0 Å². The van der Waals surface area contributed by atoms with E-state index in [1.54, 1.807) is 42.5 Å². The molecule has 2 rings (SSSR count). The molecule has 20 heavy (non-hydrogen) atoms. The Morgan fingerprint density at radius 1 is 1.00 bits per heavy atom. The largest absolute Gasteiger partial charge is 0.478 e. The van der Waals surface area contributed by atoms with E-state index in [9.17, 15) is 9.59 Å². The van der Waals surface area contributed by atoms with Crippen molar-refractivity contribution in [3.63, 3.8) is 0 Å². The number of carbonyl (C=O) groups is 2. The lowest BCUT2D eigenvalue weighted by Crippen LogP contribution is -1.99. The number of carbonyl (C=O) groups excluding carboxylic acids is 1. The van der Waals surface area contributed by atoms with Crippen LogP contribution in [0.15, 0.2) is 59.1 Å². The van der Waals surface area contributed by atoms with E-state index < -0.39 is 5.97 Å². The molecule has 1 N–H and O–H groups in total. The molecule has 4 heteroatoms. The van der Waals surface area contributed by atoms with Gasteiger partial charge in [0.15, 0.2) is 5.78 Å². The second kappa shape index (κ2) is 6.30. The van der Waals surface area contributed by atoms with Crippen LogP contribution in [0.1, 0.15) is 26.3 Å². The smallest absolute Gasteiger partial charge is 0.336 e. The number of ketones is 1. The van der Waals surface area contributed by atoms with Crippen LogP contribution in [-0.4, -0.2) is 16.9 Å². The third-order valence-corrected chi connectivity index (χ3v) is 3.26. The Bertz CT molecular complexity index is 672. The van der Waals surface area contributed by atoms with Crippen LogP contribution in [0.2, 0.25) is 0 Å². The van der Waals surface area contributed by atoms with Crippen LogP contribution in [0.25, 0.3) is 6.08 Å². The van der Waals surface area contributed by atoms with Gasteiger partial charge in [0.05, 0.1) is 5.56 Å². The first kappa shape index (κ1) is 14.2. The average Bonchev–Trinajstić information content (AvgIpc) is 2.45. The van der Waals surface area contributed by atoms with Crippen molar-refractivity contribution >= 4 is 33.8 Å². The molecule has 0 unspecified atom stereocenters. The van der Waals surface area contributed by atoms with Crippen LogP contribution in [0.5, 0.6) is 0 Å². The molecule has 3 nitrogen and oxygen atoms in total. The van der Waals surface area contributed by atoms with Crippen LogP contribution >= 0.6 is 15.9 Å². The minimum Gasteiger partial charge on any atom is -0.478 e. The Hall–Kier alpha value is -2.20. The molecule has 0 aliphatic rings. The van der Waals surface area contributed by atoms with E-state index >= 15 is 0 Å². The second-order valence-electron chi connectivity index (χ2n) is 4.10. The third kappa shape index (κ3) is 3.42. The molecule has 0 radical (unpaired) electrons. The molecule has 100 valence electrons. The maximum absolute atomic E-state index is 12.0. The Kier molecular flexibility index (Phi) is 4.48. The first-order valence-electron chi connectivity index (χ1n) is 5.88. The minimum atomic E-state index is -1.01. The monoisotopic (exact) mass is 330 g/mol. The number of carboxylic acids is 1. The van der Waals surface area contributed by atoms with Gasteiger partial charge in [-0.2, -0.15) is 0 Å². The highest BCUT2D eigenvalue weighted by atomic mass is 79.9. The average molecular weight is 331 g/mol. The van der Waals surface area contributed by atoms with E-state index in [2.05, 4.69) is 15.9 Å². The van der Waals surface area contributed by atoms with Crippen LogP contribution in [-0.2, 0) is 0 Å². The zero-order valence-electron chi connectivity index (χ0n) is 10.4. The molecule has 0 saturated heterocycles. The normalized spacial score (nSPS) is 10.7. The molecule has 2 aromatic carbocycles. The van der Waals surface area contributed by atoms with Crippen molar-refractivity contribution in [1.82, 2.24) is 0 Å². The molecule has 0 amide bonds. The van der Waals surface area contributed by atoms with Gasteiger partial charge in [-0.15, -0.1) is 0 Å². The number of allylic oxidation sites excluding steroid dienone is 1. The van der Waals surface area contributed by atoms with Crippen LogP contribution in [0.4, 0.5) is 0 Å². The number of aromatic carboxylic acids is 1. The zero-order chi connectivity index (χ0) is 14.5. The first-order chi connectivity index (χ1) is 9.58. The van der Waals surface area contributed by atoms with Gasteiger partial charge in [-0.3, -0.25) is 4.79 Å². The minimum absolute atomic E-state index is 0.169. The van der Waals surface area contributed by atoms with E-state index in [1.165, 1.54) is 18.2 Å². The van der Waals surface area contributed by atoms with Crippen molar-refractivity contribution in [2.75, 3.05) is 0 Å². The Morgan fingerprint density at radius 2 is 1.65 bits per heavy atom. The van der Waals surface area contributed by atoms with Gasteiger partial charge in [0.2, 0.25) is 0 Å². The molecule has 0 heterocycles. The van der Waals surface area contributed by atoms with E-state index in [1.807, 2.05) is 0 Å². The van der Waals surface area contributed by atoms with Gasteiger partial charge in [0, 0.05) is 10.0 Å². The lowest BCUT2D eigenvalue weighted by Gasteiger charge is -2.00. The quantitative estimate of drug-likeness (QED) is 0.679. The fourth-order valence-corrected chi connectivity index (χ4v) is 1.98. The number of halogens is 1. The summed E-state index contributed by atoms with van der Waals surface area (Å²) in [6, 6.07) is 13.5. The van der Waals surface area contributed by atoms with Crippen molar-refractivity contribution in [3.05, 3.63) is 75.8 Å². The fourth-order valence-electron chi connectivity index (χ4n) is 1.71. The zero-order valence-corrected chi connectivity index (χ0v) is 12.0. The molecule has 0 aliphatic carbocycles. The van der Waals surface area contributed by atoms with Gasteiger partial charge in [-0.05, 0) is 42.0 Å². The summed E-state index contributed by atoms with van der Waals surface area (Å²) in [5, 5.41) is 9.05. The first-order valence-corrected chi connectivity index (χ1v) is 6.67. The van der Waals surface area contributed by atoms with Gasteiger partial charge in [-0.1, -0.05) is 40.2 Å². The van der Waals surface area contributed by atoms with Crippen molar-refractivity contribution in [2.24, 2.45) is 0 Å². The second-order valence-corrected chi connectivity index (χ2v) is 5.01. The summed E-state index contributed by atoms with van der Waals surface area (Å²) in [6.45, 7) is 0. The highest BCUT2D eigenvalue weighted by Crippen LogP contribution is 2.14. The SMILES string of the molecule is O=C(C=Cc1ccccc1C(=O)O)c1ccc(Br)cc1.